The second kappa shape index (κ2) is 6.80. The zero-order valence-corrected chi connectivity index (χ0v) is 11.8. The van der Waals surface area contributed by atoms with Crippen molar-refractivity contribution < 1.29 is 13.5 Å². The van der Waals surface area contributed by atoms with Gasteiger partial charge in [0.15, 0.2) is 11.6 Å². The zero-order chi connectivity index (χ0) is 14.5. The lowest BCUT2D eigenvalue weighted by Gasteiger charge is -2.20. The lowest BCUT2D eigenvalue weighted by Crippen LogP contribution is -2.06. The van der Waals surface area contributed by atoms with E-state index >= 15 is 0 Å². The van der Waals surface area contributed by atoms with Crippen molar-refractivity contribution in [2.24, 2.45) is 5.92 Å². The largest absolute Gasteiger partial charge is 0.377 e. The van der Waals surface area contributed by atoms with Crippen LogP contribution >= 0.6 is 0 Å². The van der Waals surface area contributed by atoms with Crippen molar-refractivity contribution in [3.05, 3.63) is 53.6 Å². The molecule has 0 saturated heterocycles. The Morgan fingerprint density at radius 1 is 1.35 bits per heavy atom. The van der Waals surface area contributed by atoms with Crippen LogP contribution in [0.5, 0.6) is 0 Å². The fraction of sp³-hybridized carbons (Fsp3) is 0.412. The van der Waals surface area contributed by atoms with E-state index in [0.717, 1.165) is 24.8 Å². The van der Waals surface area contributed by atoms with Crippen molar-refractivity contribution >= 4 is 5.57 Å². The molecule has 1 nitrogen and oxygen atoms in total. The Morgan fingerprint density at radius 3 is 2.75 bits per heavy atom. The maximum atomic E-state index is 14.2. The molecule has 1 aliphatic rings. The third-order valence-corrected chi connectivity index (χ3v) is 3.75. The van der Waals surface area contributed by atoms with E-state index in [2.05, 4.69) is 6.58 Å². The van der Waals surface area contributed by atoms with Crippen LogP contribution in [0.3, 0.4) is 0 Å². The number of allylic oxidation sites excluding steroid dienone is 3. The standard InChI is InChI=1S/C17H20F2O/c1-3-12-5-7-13(8-6-12)15-10-9-14(11-20-4-2)16(18)17(15)19/h3,7,9-10,12H,1,4-6,8,11H2,2H3. The average Bonchev–Trinajstić information content (AvgIpc) is 2.49. The Kier molecular flexibility index (Phi) is 5.07. The molecule has 0 saturated carbocycles. The van der Waals surface area contributed by atoms with E-state index in [1.807, 2.05) is 19.1 Å². The van der Waals surface area contributed by atoms with Crippen molar-refractivity contribution in [1.29, 1.82) is 0 Å². The Morgan fingerprint density at radius 2 is 2.15 bits per heavy atom. The lowest BCUT2D eigenvalue weighted by molar-refractivity contribution is 0.131. The molecule has 3 heteroatoms. The molecule has 0 aromatic heterocycles. The number of benzene rings is 1. The van der Waals surface area contributed by atoms with Gasteiger partial charge < -0.3 is 4.74 Å². The van der Waals surface area contributed by atoms with E-state index in [0.29, 0.717) is 18.1 Å². The van der Waals surface area contributed by atoms with E-state index in [1.165, 1.54) is 0 Å². The molecule has 0 amide bonds. The summed E-state index contributed by atoms with van der Waals surface area (Å²) in [7, 11) is 0. The zero-order valence-electron chi connectivity index (χ0n) is 11.8. The van der Waals surface area contributed by atoms with E-state index in [-0.39, 0.29) is 12.2 Å². The summed E-state index contributed by atoms with van der Waals surface area (Å²) in [6.45, 7) is 6.19. The molecule has 1 aliphatic carbocycles. The third kappa shape index (κ3) is 3.15. The number of halogens is 2. The number of hydrogen-bond donors (Lipinski definition) is 0. The highest BCUT2D eigenvalue weighted by Crippen LogP contribution is 2.33. The summed E-state index contributed by atoms with van der Waals surface area (Å²) in [6, 6.07) is 3.27. The summed E-state index contributed by atoms with van der Waals surface area (Å²) in [5.41, 5.74) is 1.54. The number of ether oxygens (including phenoxy) is 1. The van der Waals surface area contributed by atoms with Crippen LogP contribution < -0.4 is 0 Å². The highest BCUT2D eigenvalue weighted by atomic mass is 19.2. The maximum absolute atomic E-state index is 14.2. The van der Waals surface area contributed by atoms with Gasteiger partial charge in [0, 0.05) is 17.7 Å². The minimum Gasteiger partial charge on any atom is -0.377 e. The van der Waals surface area contributed by atoms with E-state index in [1.54, 1.807) is 12.1 Å². The normalized spacial score (nSPS) is 18.8. The minimum atomic E-state index is -0.789. The van der Waals surface area contributed by atoms with Crippen LogP contribution in [0.2, 0.25) is 0 Å². The third-order valence-electron chi connectivity index (χ3n) is 3.75. The van der Waals surface area contributed by atoms with Gasteiger partial charge in [0.05, 0.1) is 6.61 Å². The highest BCUT2D eigenvalue weighted by Gasteiger charge is 2.19. The van der Waals surface area contributed by atoms with Gasteiger partial charge in [0.25, 0.3) is 0 Å². The molecule has 1 unspecified atom stereocenters. The molecular formula is C17H20F2O. The molecule has 2 rings (SSSR count). The Hall–Kier alpha value is -1.48. The van der Waals surface area contributed by atoms with Crippen molar-refractivity contribution in [1.82, 2.24) is 0 Å². The first kappa shape index (κ1) is 14.9. The highest BCUT2D eigenvalue weighted by molar-refractivity contribution is 5.67. The lowest BCUT2D eigenvalue weighted by atomic mass is 9.86. The smallest absolute Gasteiger partial charge is 0.166 e. The van der Waals surface area contributed by atoms with Crippen LogP contribution in [0.25, 0.3) is 5.57 Å². The van der Waals surface area contributed by atoms with E-state index in [9.17, 15) is 8.78 Å². The molecule has 0 bridgehead atoms. The Bertz CT molecular complexity index is 520. The predicted molar refractivity (Wildman–Crippen MR) is 77.2 cm³/mol. The molecule has 0 fully saturated rings. The second-order valence-electron chi connectivity index (χ2n) is 5.04. The molecule has 1 aromatic carbocycles. The molecule has 0 N–H and O–H groups in total. The van der Waals surface area contributed by atoms with Crippen LogP contribution in [0.1, 0.15) is 37.3 Å². The summed E-state index contributed by atoms with van der Waals surface area (Å²) in [4.78, 5) is 0. The maximum Gasteiger partial charge on any atom is 0.166 e. The first-order valence-electron chi connectivity index (χ1n) is 7.04. The molecule has 0 spiro atoms. The Labute approximate surface area is 119 Å². The quantitative estimate of drug-likeness (QED) is 0.698. The van der Waals surface area contributed by atoms with Gasteiger partial charge in [-0.3, -0.25) is 0 Å². The van der Waals surface area contributed by atoms with Crippen molar-refractivity contribution in [2.45, 2.75) is 32.8 Å². The summed E-state index contributed by atoms with van der Waals surface area (Å²) in [5.74, 6) is -1.10. The van der Waals surface area contributed by atoms with Gasteiger partial charge in [-0.2, -0.15) is 0 Å². The molecule has 20 heavy (non-hydrogen) atoms. The minimum absolute atomic E-state index is 0.108. The first-order chi connectivity index (χ1) is 9.67. The van der Waals surface area contributed by atoms with Crippen LogP contribution in [0.4, 0.5) is 8.78 Å². The molecule has 1 aromatic rings. The van der Waals surface area contributed by atoms with Crippen molar-refractivity contribution in [3.63, 3.8) is 0 Å². The van der Waals surface area contributed by atoms with Gasteiger partial charge in [-0.15, -0.1) is 6.58 Å². The summed E-state index contributed by atoms with van der Waals surface area (Å²) >= 11 is 0. The second-order valence-corrected chi connectivity index (χ2v) is 5.04. The van der Waals surface area contributed by atoms with Gasteiger partial charge in [-0.05, 0) is 37.7 Å². The average molecular weight is 278 g/mol. The molecule has 0 radical (unpaired) electrons. The molecule has 1 atom stereocenters. The monoisotopic (exact) mass is 278 g/mol. The van der Waals surface area contributed by atoms with E-state index < -0.39 is 11.6 Å². The predicted octanol–water partition coefficient (Wildman–Crippen LogP) is 4.87. The van der Waals surface area contributed by atoms with Gasteiger partial charge in [-0.25, -0.2) is 8.78 Å². The summed E-state index contributed by atoms with van der Waals surface area (Å²) < 4.78 is 33.3. The first-order valence-corrected chi connectivity index (χ1v) is 7.04. The van der Waals surface area contributed by atoms with Crippen molar-refractivity contribution in [3.8, 4) is 0 Å². The molecule has 0 heterocycles. The van der Waals surface area contributed by atoms with Crippen LogP contribution in [0, 0.1) is 17.6 Å². The summed E-state index contributed by atoms with van der Waals surface area (Å²) in [6.07, 6.45) is 6.47. The van der Waals surface area contributed by atoms with Gasteiger partial charge in [0.1, 0.15) is 0 Å². The molecule has 108 valence electrons. The van der Waals surface area contributed by atoms with Crippen LogP contribution in [-0.4, -0.2) is 6.61 Å². The Balaban J connectivity index is 2.23. The fourth-order valence-electron chi connectivity index (χ4n) is 2.47. The summed E-state index contributed by atoms with van der Waals surface area (Å²) in [5, 5.41) is 0. The number of rotatable bonds is 5. The van der Waals surface area contributed by atoms with Gasteiger partial charge in [0.2, 0.25) is 0 Å². The van der Waals surface area contributed by atoms with Gasteiger partial charge in [-0.1, -0.05) is 24.3 Å². The molecule has 0 aliphatic heterocycles. The van der Waals surface area contributed by atoms with Crippen molar-refractivity contribution in [2.75, 3.05) is 6.61 Å². The van der Waals surface area contributed by atoms with Gasteiger partial charge >= 0.3 is 0 Å². The number of hydrogen-bond acceptors (Lipinski definition) is 1. The van der Waals surface area contributed by atoms with Crippen LogP contribution in [0.15, 0.2) is 30.9 Å². The van der Waals surface area contributed by atoms with Crippen LogP contribution in [-0.2, 0) is 11.3 Å². The fourth-order valence-corrected chi connectivity index (χ4v) is 2.47. The molecular weight excluding hydrogens is 258 g/mol. The topological polar surface area (TPSA) is 9.23 Å². The van der Waals surface area contributed by atoms with E-state index in [4.69, 9.17) is 4.74 Å². The SMILES string of the molecule is C=CC1CC=C(c2ccc(COCC)c(F)c2F)CC1.